The number of benzene rings is 1. The highest BCUT2D eigenvalue weighted by atomic mass is 32.2. The first kappa shape index (κ1) is 17.9. The second-order valence-electron chi connectivity index (χ2n) is 5.39. The maximum atomic E-state index is 10.5. The molecule has 0 fully saturated rings. The topological polar surface area (TPSA) is 50.2 Å². The maximum Gasteiger partial charge on any atom is 0.303 e. The number of carbonyl (C=O) groups is 1. The maximum absolute atomic E-state index is 10.5. The fourth-order valence-corrected chi connectivity index (χ4v) is 3.81. The second-order valence-corrected chi connectivity index (χ2v) is 8.13. The Balaban J connectivity index is 2.03. The fraction of sp³-hybridized carbons (Fsp3) is 0.333. The Labute approximate surface area is 145 Å². The van der Waals surface area contributed by atoms with Gasteiger partial charge >= 0.3 is 5.97 Å². The van der Waals surface area contributed by atoms with Crippen molar-refractivity contribution >= 4 is 29.5 Å². The lowest BCUT2D eigenvalue weighted by molar-refractivity contribution is -0.137. The molecular weight excluding hydrogens is 326 g/mol. The number of carboxylic acid groups (broad SMARTS) is 1. The Kier molecular flexibility index (Phi) is 6.99. The van der Waals surface area contributed by atoms with Crippen LogP contribution in [0.15, 0.2) is 52.5 Å². The van der Waals surface area contributed by atoms with Crippen molar-refractivity contribution in [2.75, 3.05) is 5.75 Å². The summed E-state index contributed by atoms with van der Waals surface area (Å²) in [5.41, 5.74) is 2.32. The lowest BCUT2D eigenvalue weighted by Gasteiger charge is -2.10. The van der Waals surface area contributed by atoms with E-state index in [2.05, 4.69) is 49.2 Å². The van der Waals surface area contributed by atoms with Gasteiger partial charge in [-0.15, -0.1) is 23.5 Å². The van der Waals surface area contributed by atoms with Crippen molar-refractivity contribution in [2.24, 2.45) is 0 Å². The van der Waals surface area contributed by atoms with Gasteiger partial charge in [0.05, 0.1) is 0 Å². The molecule has 5 heteroatoms. The van der Waals surface area contributed by atoms with Gasteiger partial charge in [0, 0.05) is 28.3 Å². The predicted octanol–water partition coefficient (Wildman–Crippen LogP) is 5.21. The Morgan fingerprint density at radius 3 is 2.61 bits per heavy atom. The molecule has 0 bridgehead atoms. The minimum absolute atomic E-state index is 0.233. The number of aliphatic carboxylic acids is 1. The first-order valence-corrected chi connectivity index (χ1v) is 9.49. The van der Waals surface area contributed by atoms with Crippen LogP contribution in [0.3, 0.4) is 0 Å². The van der Waals surface area contributed by atoms with E-state index in [1.165, 1.54) is 4.90 Å². The van der Waals surface area contributed by atoms with Crippen LogP contribution in [0, 0.1) is 0 Å². The molecular formula is C18H21NO2S2. The van der Waals surface area contributed by atoms with Gasteiger partial charge in [0.2, 0.25) is 0 Å². The van der Waals surface area contributed by atoms with Crippen LogP contribution < -0.4 is 0 Å². The van der Waals surface area contributed by atoms with Gasteiger partial charge in [0.15, 0.2) is 0 Å². The number of rotatable bonds is 8. The van der Waals surface area contributed by atoms with Gasteiger partial charge in [-0.25, -0.2) is 4.98 Å². The zero-order valence-corrected chi connectivity index (χ0v) is 15.0. The number of nitrogens with zero attached hydrogens (tertiary/aromatic N) is 1. The Morgan fingerprint density at radius 2 is 1.96 bits per heavy atom. The summed E-state index contributed by atoms with van der Waals surface area (Å²) in [6.45, 7) is 4.33. The van der Waals surface area contributed by atoms with Crippen LogP contribution in [0.2, 0.25) is 0 Å². The van der Waals surface area contributed by atoms with Crippen LogP contribution in [0.1, 0.15) is 26.7 Å². The van der Waals surface area contributed by atoms with Gasteiger partial charge in [0.25, 0.3) is 0 Å². The van der Waals surface area contributed by atoms with Gasteiger partial charge in [-0.05, 0) is 35.9 Å². The second kappa shape index (κ2) is 8.99. The molecule has 3 nitrogen and oxygen atoms in total. The molecule has 0 aliphatic heterocycles. The summed E-state index contributed by atoms with van der Waals surface area (Å²) < 4.78 is 0. The molecule has 0 saturated carbocycles. The molecule has 0 atom stereocenters. The summed E-state index contributed by atoms with van der Waals surface area (Å²) in [4.78, 5) is 16.2. The SMILES string of the molecule is CC(C)Sc1ncccc1-c1ccc(SCCCC(=O)O)cc1. The lowest BCUT2D eigenvalue weighted by Crippen LogP contribution is -1.94. The summed E-state index contributed by atoms with van der Waals surface area (Å²) in [7, 11) is 0. The Morgan fingerprint density at radius 1 is 1.22 bits per heavy atom. The molecule has 0 unspecified atom stereocenters. The fourth-order valence-electron chi connectivity index (χ4n) is 2.07. The molecule has 1 aromatic carbocycles. The summed E-state index contributed by atoms with van der Waals surface area (Å²) in [6, 6.07) is 12.5. The normalized spacial score (nSPS) is 10.9. The van der Waals surface area contributed by atoms with Crippen molar-refractivity contribution in [3.8, 4) is 11.1 Å². The summed E-state index contributed by atoms with van der Waals surface area (Å²) in [5.74, 6) is 0.0974. The van der Waals surface area contributed by atoms with Gasteiger partial charge in [-0.2, -0.15) is 0 Å². The van der Waals surface area contributed by atoms with Crippen molar-refractivity contribution in [3.05, 3.63) is 42.6 Å². The molecule has 1 aromatic heterocycles. The third kappa shape index (κ3) is 5.92. The van der Waals surface area contributed by atoms with E-state index in [0.717, 1.165) is 21.9 Å². The molecule has 0 spiro atoms. The summed E-state index contributed by atoms with van der Waals surface area (Å²) in [5, 5.41) is 10.2. The molecule has 2 rings (SSSR count). The van der Waals surface area contributed by atoms with E-state index in [1.54, 1.807) is 23.5 Å². The van der Waals surface area contributed by atoms with E-state index >= 15 is 0 Å². The van der Waals surface area contributed by atoms with Crippen LogP contribution in [0.25, 0.3) is 11.1 Å². The molecule has 0 amide bonds. The number of hydrogen-bond donors (Lipinski definition) is 1. The third-order valence-electron chi connectivity index (χ3n) is 3.09. The van der Waals surface area contributed by atoms with Gasteiger partial charge in [0.1, 0.15) is 5.03 Å². The van der Waals surface area contributed by atoms with Crippen molar-refractivity contribution in [1.82, 2.24) is 4.98 Å². The molecule has 0 saturated heterocycles. The molecule has 1 heterocycles. The highest BCUT2D eigenvalue weighted by Gasteiger charge is 2.08. The zero-order chi connectivity index (χ0) is 16.7. The largest absolute Gasteiger partial charge is 0.481 e. The smallest absolute Gasteiger partial charge is 0.303 e. The minimum Gasteiger partial charge on any atom is -0.481 e. The monoisotopic (exact) mass is 347 g/mol. The summed E-state index contributed by atoms with van der Waals surface area (Å²) in [6.07, 6.45) is 2.76. The lowest BCUT2D eigenvalue weighted by atomic mass is 10.1. The van der Waals surface area contributed by atoms with E-state index in [1.807, 2.05) is 12.3 Å². The van der Waals surface area contributed by atoms with Crippen LogP contribution in [-0.4, -0.2) is 27.1 Å². The molecule has 0 aliphatic rings. The summed E-state index contributed by atoms with van der Waals surface area (Å²) >= 11 is 3.47. The standard InChI is InChI=1S/C18H21NO2S2/c1-13(2)23-18-16(5-3-11-19-18)14-7-9-15(10-8-14)22-12-4-6-17(20)21/h3,5,7-11,13H,4,6,12H2,1-2H3,(H,20,21). The zero-order valence-electron chi connectivity index (χ0n) is 13.4. The van der Waals surface area contributed by atoms with Crippen LogP contribution >= 0.6 is 23.5 Å². The van der Waals surface area contributed by atoms with E-state index in [9.17, 15) is 4.79 Å². The average molecular weight is 348 g/mol. The van der Waals surface area contributed by atoms with Crippen LogP contribution in [0.4, 0.5) is 0 Å². The van der Waals surface area contributed by atoms with Crippen molar-refractivity contribution in [2.45, 2.75) is 41.9 Å². The molecule has 0 aliphatic carbocycles. The van der Waals surface area contributed by atoms with Crippen LogP contribution in [0.5, 0.6) is 0 Å². The number of thioether (sulfide) groups is 2. The molecule has 122 valence electrons. The number of hydrogen-bond acceptors (Lipinski definition) is 4. The van der Waals surface area contributed by atoms with Crippen molar-refractivity contribution in [3.63, 3.8) is 0 Å². The highest BCUT2D eigenvalue weighted by Crippen LogP contribution is 2.32. The van der Waals surface area contributed by atoms with Crippen LogP contribution in [-0.2, 0) is 4.79 Å². The predicted molar refractivity (Wildman–Crippen MR) is 98.3 cm³/mol. The van der Waals surface area contributed by atoms with Crippen molar-refractivity contribution in [1.29, 1.82) is 0 Å². The highest BCUT2D eigenvalue weighted by molar-refractivity contribution is 8.00. The van der Waals surface area contributed by atoms with E-state index in [0.29, 0.717) is 11.7 Å². The van der Waals surface area contributed by atoms with E-state index in [4.69, 9.17) is 5.11 Å². The number of aromatic nitrogens is 1. The molecule has 23 heavy (non-hydrogen) atoms. The Bertz CT molecular complexity index is 642. The van der Waals surface area contributed by atoms with Crippen molar-refractivity contribution < 1.29 is 9.90 Å². The molecule has 2 aromatic rings. The van der Waals surface area contributed by atoms with Gasteiger partial charge in [-0.3, -0.25) is 4.79 Å². The molecule has 0 radical (unpaired) electrons. The number of pyridine rings is 1. The first-order valence-electron chi connectivity index (χ1n) is 7.63. The first-order chi connectivity index (χ1) is 11.1. The quantitative estimate of drug-likeness (QED) is 0.525. The van der Waals surface area contributed by atoms with Gasteiger partial charge < -0.3 is 5.11 Å². The molecule has 1 N–H and O–H groups in total. The average Bonchev–Trinajstić information content (AvgIpc) is 2.52. The van der Waals surface area contributed by atoms with E-state index < -0.39 is 5.97 Å². The Hall–Kier alpha value is -1.46. The minimum atomic E-state index is -0.729. The number of carboxylic acids is 1. The third-order valence-corrected chi connectivity index (χ3v) is 5.21. The van der Waals surface area contributed by atoms with E-state index in [-0.39, 0.29) is 6.42 Å². The van der Waals surface area contributed by atoms with Gasteiger partial charge in [-0.1, -0.05) is 32.0 Å².